The summed E-state index contributed by atoms with van der Waals surface area (Å²) in [6.45, 7) is 13.3. The first kappa shape index (κ1) is 30.2. The summed E-state index contributed by atoms with van der Waals surface area (Å²) in [5.41, 5.74) is 2.97. The molecular weight excluding hydrogens is 368 g/mol. The van der Waals surface area contributed by atoms with Gasteiger partial charge in [-0.2, -0.15) is 35.4 Å². The van der Waals surface area contributed by atoms with E-state index in [1.54, 1.807) is 0 Å². The molecule has 2 aromatic rings. The average molecular weight is 404 g/mol. The molecule has 2 rings (SSSR count). The summed E-state index contributed by atoms with van der Waals surface area (Å²) in [5, 5.41) is 18.7. The Bertz CT molecular complexity index is 466. The van der Waals surface area contributed by atoms with Crippen LogP contribution >= 0.6 is 0 Å². The Hall–Kier alpha value is -1.51. The van der Waals surface area contributed by atoms with Crippen molar-refractivity contribution in [2.24, 2.45) is 0 Å². The van der Waals surface area contributed by atoms with Crippen molar-refractivity contribution in [3.05, 3.63) is 84.3 Å². The molecule has 27 heavy (non-hydrogen) atoms. The molecule has 148 valence electrons. The van der Waals surface area contributed by atoms with Crippen molar-refractivity contribution in [2.75, 3.05) is 0 Å². The van der Waals surface area contributed by atoms with Crippen LogP contribution in [0.15, 0.2) is 73.2 Å². The van der Waals surface area contributed by atoms with Crippen LogP contribution in [0.4, 0.5) is 0 Å². The molecule has 0 fully saturated rings. The first-order valence-electron chi connectivity index (χ1n) is 9.39. The summed E-state index contributed by atoms with van der Waals surface area (Å²) in [5.74, 6) is -0.167. The fraction of sp³-hybridized carbons (Fsp3) is 0.417. The molecule has 0 heterocycles. The monoisotopic (exact) mass is 404 g/mol. The molecule has 0 unspecified atom stereocenters. The van der Waals surface area contributed by atoms with Gasteiger partial charge in [-0.25, -0.2) is 24.3 Å². The Balaban J connectivity index is -0.000000303. The van der Waals surface area contributed by atoms with Gasteiger partial charge in [-0.3, -0.25) is 0 Å². The van der Waals surface area contributed by atoms with Crippen molar-refractivity contribution >= 4 is 0 Å². The standard InChI is InChI=1S/2C9H13.2C3H6O.Ti/c2*1-2-3-6-9-7-4-5-8-9;2*1-3(2)4;/h2*4-5,7-8H,2-3,6H2,1H3;2*4H,1H2,2H3;/q2*-1;;;+4/p-2. The molecule has 2 aromatic carbocycles. The van der Waals surface area contributed by atoms with E-state index in [0.29, 0.717) is 0 Å². The molecule has 0 radical (unpaired) electrons. The molecule has 0 saturated carbocycles. The van der Waals surface area contributed by atoms with Crippen LogP contribution in [-0.4, -0.2) is 0 Å². The molecule has 0 saturated heterocycles. The maximum absolute atomic E-state index is 9.33. The van der Waals surface area contributed by atoms with E-state index < -0.39 is 0 Å². The first-order valence-corrected chi connectivity index (χ1v) is 9.39. The maximum Gasteiger partial charge on any atom is 4.00 e. The average Bonchev–Trinajstić information content (AvgIpc) is 3.24. The molecule has 0 atom stereocenters. The fourth-order valence-electron chi connectivity index (χ4n) is 1.92. The summed E-state index contributed by atoms with van der Waals surface area (Å²) in [4.78, 5) is 0. The minimum absolute atomic E-state index is 0. The summed E-state index contributed by atoms with van der Waals surface area (Å²) in [6.07, 6.45) is 7.75. The number of hydrogen-bond donors (Lipinski definition) is 0. The van der Waals surface area contributed by atoms with Crippen LogP contribution in [0.1, 0.15) is 64.5 Å². The minimum Gasteiger partial charge on any atom is -0.876 e. The fourth-order valence-corrected chi connectivity index (χ4v) is 1.92. The van der Waals surface area contributed by atoms with E-state index in [2.05, 4.69) is 75.5 Å². The zero-order valence-corrected chi connectivity index (χ0v) is 19.2. The Morgan fingerprint density at radius 1 is 0.704 bits per heavy atom. The van der Waals surface area contributed by atoms with E-state index in [-0.39, 0.29) is 33.2 Å². The van der Waals surface area contributed by atoms with Gasteiger partial charge >= 0.3 is 21.7 Å². The smallest absolute Gasteiger partial charge is 0.876 e. The summed E-state index contributed by atoms with van der Waals surface area (Å²) < 4.78 is 0. The molecule has 0 N–H and O–H groups in total. The van der Waals surface area contributed by atoms with Gasteiger partial charge in [-0.1, -0.05) is 66.2 Å². The second-order valence-electron chi connectivity index (χ2n) is 6.20. The van der Waals surface area contributed by atoms with Crippen LogP contribution in [0.2, 0.25) is 0 Å². The van der Waals surface area contributed by atoms with Gasteiger partial charge in [0.1, 0.15) is 0 Å². The SMILES string of the molecule is C=C(C)[O-].C=C(C)[O-].CCCC[c-]1cccc1.CCCC[c-]1cccc1.[Ti+4]. The van der Waals surface area contributed by atoms with Crippen molar-refractivity contribution < 1.29 is 31.9 Å². The van der Waals surface area contributed by atoms with Crippen LogP contribution in [0.3, 0.4) is 0 Å². The molecule has 0 aliphatic rings. The third-order valence-corrected chi connectivity index (χ3v) is 3.10. The van der Waals surface area contributed by atoms with Gasteiger partial charge in [0.05, 0.1) is 0 Å². The molecule has 0 aliphatic heterocycles. The van der Waals surface area contributed by atoms with E-state index in [1.165, 1.54) is 63.5 Å². The van der Waals surface area contributed by atoms with Crippen molar-refractivity contribution in [3.8, 4) is 0 Å². The second-order valence-corrected chi connectivity index (χ2v) is 6.20. The van der Waals surface area contributed by atoms with Gasteiger partial charge in [-0.15, -0.1) is 24.7 Å². The van der Waals surface area contributed by atoms with E-state index in [9.17, 15) is 10.2 Å². The first-order chi connectivity index (χ1) is 12.3. The minimum atomic E-state index is -0.0833. The third kappa shape index (κ3) is 29.5. The third-order valence-electron chi connectivity index (χ3n) is 3.10. The number of aryl methyl sites for hydroxylation is 2. The molecular formula is C24H36O2Ti. The zero-order chi connectivity index (χ0) is 20.2. The quantitative estimate of drug-likeness (QED) is 0.375. The second kappa shape index (κ2) is 22.5. The number of allylic oxidation sites excluding steroid dienone is 2. The van der Waals surface area contributed by atoms with E-state index in [4.69, 9.17) is 0 Å². The van der Waals surface area contributed by atoms with Crippen molar-refractivity contribution in [1.82, 2.24) is 0 Å². The van der Waals surface area contributed by atoms with Gasteiger partial charge in [0.15, 0.2) is 0 Å². The predicted molar refractivity (Wildman–Crippen MR) is 111 cm³/mol. The topological polar surface area (TPSA) is 46.1 Å². The van der Waals surface area contributed by atoms with Crippen molar-refractivity contribution in [3.63, 3.8) is 0 Å². The molecule has 2 nitrogen and oxygen atoms in total. The van der Waals surface area contributed by atoms with E-state index in [0.717, 1.165) is 0 Å². The maximum atomic E-state index is 9.33. The Morgan fingerprint density at radius 2 is 0.926 bits per heavy atom. The van der Waals surface area contributed by atoms with Gasteiger partial charge < -0.3 is 10.2 Å². The van der Waals surface area contributed by atoms with Crippen LogP contribution in [0, 0.1) is 0 Å². The summed E-state index contributed by atoms with van der Waals surface area (Å²) >= 11 is 0. The number of hydrogen-bond acceptors (Lipinski definition) is 2. The molecule has 0 aromatic heterocycles. The molecule has 0 aliphatic carbocycles. The Labute approximate surface area is 182 Å². The number of rotatable bonds is 6. The molecule has 0 bridgehead atoms. The van der Waals surface area contributed by atoms with Gasteiger partial charge in [-0.05, 0) is 0 Å². The van der Waals surface area contributed by atoms with Crippen molar-refractivity contribution in [2.45, 2.75) is 66.2 Å². The number of unbranched alkanes of at least 4 members (excludes halogenated alkanes) is 2. The Morgan fingerprint density at radius 3 is 1.11 bits per heavy atom. The summed E-state index contributed by atoms with van der Waals surface area (Å²) in [7, 11) is 0. The van der Waals surface area contributed by atoms with Gasteiger partial charge in [0, 0.05) is 0 Å². The van der Waals surface area contributed by atoms with Crippen molar-refractivity contribution in [1.29, 1.82) is 0 Å². The molecule has 3 heteroatoms. The molecule has 0 spiro atoms. The van der Waals surface area contributed by atoms with Crippen LogP contribution in [-0.2, 0) is 34.6 Å². The van der Waals surface area contributed by atoms with E-state index in [1.807, 2.05) is 0 Å². The normalized spacial score (nSPS) is 8.44. The van der Waals surface area contributed by atoms with Gasteiger partial charge in [0.2, 0.25) is 0 Å². The summed E-state index contributed by atoms with van der Waals surface area (Å²) in [6, 6.07) is 17.2. The predicted octanol–water partition coefficient (Wildman–Crippen LogP) is 5.25. The largest absolute Gasteiger partial charge is 4.00 e. The Kier molecular flexibility index (Phi) is 25.2. The van der Waals surface area contributed by atoms with Crippen LogP contribution in [0.25, 0.3) is 0 Å². The molecule has 0 amide bonds. The van der Waals surface area contributed by atoms with Crippen LogP contribution in [0.5, 0.6) is 0 Å². The van der Waals surface area contributed by atoms with E-state index >= 15 is 0 Å². The van der Waals surface area contributed by atoms with Gasteiger partial charge in [0.25, 0.3) is 0 Å². The zero-order valence-electron chi connectivity index (χ0n) is 17.6. The van der Waals surface area contributed by atoms with Crippen LogP contribution < -0.4 is 10.2 Å².